The summed E-state index contributed by atoms with van der Waals surface area (Å²) in [6.07, 6.45) is 2.38. The van der Waals surface area contributed by atoms with Gasteiger partial charge in [-0.15, -0.1) is 0 Å². The fraction of sp³-hybridized carbons (Fsp3) is 0.0943. The largest absolute Gasteiger partial charge is 0.507 e. The van der Waals surface area contributed by atoms with Crippen molar-refractivity contribution in [2.45, 2.75) is 31.1 Å². The van der Waals surface area contributed by atoms with E-state index in [9.17, 15) is 20.4 Å². The van der Waals surface area contributed by atoms with Gasteiger partial charge in [0.05, 0.1) is 0 Å². The van der Waals surface area contributed by atoms with E-state index < -0.39 is 0 Å². The Labute approximate surface area is 334 Å². The van der Waals surface area contributed by atoms with E-state index in [1.54, 1.807) is 24.3 Å². The molecule has 0 amide bonds. The maximum absolute atomic E-state index is 11.1. The molecule has 4 heteroatoms. The molecule has 0 saturated carbocycles. The molecule has 0 aliphatic heterocycles. The van der Waals surface area contributed by atoms with Crippen LogP contribution in [0, 0.1) is 0 Å². The average molecular weight is 745 g/mol. The SMILES string of the molecule is Oc1ccc(C(CCCC(c2ccc(O)c(-c3ccccc3)c2)c2ccc(O)c(-c3ccccc3)c2)c2ccc(O)c(-c3ccccc3)c2)cc1-c1ccccc1. The summed E-state index contributed by atoms with van der Waals surface area (Å²) in [5.74, 6) is 0.780. The molecule has 4 nitrogen and oxygen atoms in total. The molecule has 0 spiro atoms. The number of hydrogen-bond donors (Lipinski definition) is 4. The first kappa shape index (κ1) is 36.9. The lowest BCUT2D eigenvalue weighted by atomic mass is 9.80. The molecule has 0 heterocycles. The molecule has 8 aromatic carbocycles. The zero-order valence-corrected chi connectivity index (χ0v) is 31.5. The third-order valence-electron chi connectivity index (χ3n) is 11.0. The van der Waals surface area contributed by atoms with Gasteiger partial charge in [0.2, 0.25) is 0 Å². The lowest BCUT2D eigenvalue weighted by Gasteiger charge is -2.24. The maximum Gasteiger partial charge on any atom is 0.123 e. The molecule has 0 fully saturated rings. The summed E-state index contributed by atoms with van der Waals surface area (Å²) in [7, 11) is 0. The van der Waals surface area contributed by atoms with Gasteiger partial charge < -0.3 is 20.4 Å². The lowest BCUT2D eigenvalue weighted by molar-refractivity contribution is 0.476. The van der Waals surface area contributed by atoms with Gasteiger partial charge in [-0.1, -0.05) is 152 Å². The molecule has 8 rings (SSSR count). The van der Waals surface area contributed by atoms with Gasteiger partial charge in [0.1, 0.15) is 23.0 Å². The van der Waals surface area contributed by atoms with Crippen molar-refractivity contribution >= 4 is 0 Å². The molecule has 0 atom stereocenters. The Morgan fingerprint density at radius 2 is 0.509 bits per heavy atom. The second kappa shape index (κ2) is 16.8. The number of phenols is 4. The van der Waals surface area contributed by atoms with Crippen LogP contribution < -0.4 is 0 Å². The normalized spacial score (nSPS) is 11.3. The number of aromatic hydroxyl groups is 4. The van der Waals surface area contributed by atoms with Crippen LogP contribution in [0.5, 0.6) is 23.0 Å². The maximum atomic E-state index is 11.1. The highest BCUT2D eigenvalue weighted by molar-refractivity contribution is 5.75. The number of rotatable bonds is 12. The first-order valence-electron chi connectivity index (χ1n) is 19.5. The van der Waals surface area contributed by atoms with Crippen molar-refractivity contribution in [3.8, 4) is 67.5 Å². The smallest absolute Gasteiger partial charge is 0.123 e. The first-order chi connectivity index (χ1) is 27.9. The zero-order chi connectivity index (χ0) is 39.1. The van der Waals surface area contributed by atoms with Crippen LogP contribution in [0.4, 0.5) is 0 Å². The van der Waals surface area contributed by atoms with Crippen molar-refractivity contribution in [2.75, 3.05) is 0 Å². The van der Waals surface area contributed by atoms with Gasteiger partial charge in [0, 0.05) is 34.1 Å². The second-order valence-corrected chi connectivity index (χ2v) is 14.6. The Morgan fingerprint density at radius 3 is 0.737 bits per heavy atom. The molecule has 0 aliphatic carbocycles. The Kier molecular flexibility index (Phi) is 10.9. The van der Waals surface area contributed by atoms with Crippen LogP contribution in [0.25, 0.3) is 44.5 Å². The third-order valence-corrected chi connectivity index (χ3v) is 11.0. The average Bonchev–Trinajstić information content (AvgIpc) is 3.26. The van der Waals surface area contributed by atoms with Gasteiger partial charge in [-0.3, -0.25) is 0 Å². The van der Waals surface area contributed by atoms with Gasteiger partial charge >= 0.3 is 0 Å². The highest BCUT2D eigenvalue weighted by Crippen LogP contribution is 2.43. The highest BCUT2D eigenvalue weighted by Gasteiger charge is 2.23. The molecule has 8 aromatic rings. The molecule has 0 bridgehead atoms. The Hall–Kier alpha value is -7.04. The van der Waals surface area contributed by atoms with Gasteiger partial charge in [0.15, 0.2) is 0 Å². The molecular formula is C53H44O4. The zero-order valence-electron chi connectivity index (χ0n) is 31.5. The summed E-state index contributed by atoms with van der Waals surface area (Å²) < 4.78 is 0. The summed E-state index contributed by atoms with van der Waals surface area (Å²) in [4.78, 5) is 0. The molecular weight excluding hydrogens is 701 g/mol. The van der Waals surface area contributed by atoms with E-state index in [1.165, 1.54) is 0 Å². The van der Waals surface area contributed by atoms with E-state index >= 15 is 0 Å². The van der Waals surface area contributed by atoms with E-state index in [-0.39, 0.29) is 34.8 Å². The minimum atomic E-state index is -0.0591. The fourth-order valence-corrected chi connectivity index (χ4v) is 8.05. The van der Waals surface area contributed by atoms with E-state index in [0.29, 0.717) is 0 Å². The van der Waals surface area contributed by atoms with Crippen LogP contribution in [0.1, 0.15) is 53.4 Å². The van der Waals surface area contributed by atoms with Crippen molar-refractivity contribution in [3.63, 3.8) is 0 Å². The Bertz CT molecular complexity index is 2230. The molecule has 0 unspecified atom stereocenters. The number of benzene rings is 8. The summed E-state index contributed by atoms with van der Waals surface area (Å²) in [5, 5.41) is 44.2. The van der Waals surface area contributed by atoms with Crippen LogP contribution in [0.15, 0.2) is 194 Å². The topological polar surface area (TPSA) is 80.9 Å². The molecule has 0 saturated heterocycles. The lowest BCUT2D eigenvalue weighted by Crippen LogP contribution is -2.06. The van der Waals surface area contributed by atoms with Crippen molar-refractivity contribution in [2.24, 2.45) is 0 Å². The van der Waals surface area contributed by atoms with E-state index in [0.717, 1.165) is 86.0 Å². The van der Waals surface area contributed by atoms with Gasteiger partial charge in [-0.05, 0) is 106 Å². The summed E-state index contributed by atoms with van der Waals surface area (Å²) >= 11 is 0. The first-order valence-corrected chi connectivity index (χ1v) is 19.5. The molecule has 280 valence electrons. The van der Waals surface area contributed by atoms with Crippen molar-refractivity contribution in [1.82, 2.24) is 0 Å². The van der Waals surface area contributed by atoms with Crippen molar-refractivity contribution < 1.29 is 20.4 Å². The minimum absolute atomic E-state index is 0.0591. The van der Waals surface area contributed by atoms with E-state index in [2.05, 4.69) is 24.3 Å². The third kappa shape index (κ3) is 8.17. The van der Waals surface area contributed by atoms with Crippen LogP contribution in [-0.4, -0.2) is 20.4 Å². The number of hydrogen-bond acceptors (Lipinski definition) is 4. The van der Waals surface area contributed by atoms with Crippen LogP contribution in [0.2, 0.25) is 0 Å². The second-order valence-electron chi connectivity index (χ2n) is 14.6. The molecule has 57 heavy (non-hydrogen) atoms. The van der Waals surface area contributed by atoms with Crippen LogP contribution in [0.3, 0.4) is 0 Å². The van der Waals surface area contributed by atoms with Crippen LogP contribution >= 0.6 is 0 Å². The van der Waals surface area contributed by atoms with E-state index in [1.807, 2.05) is 146 Å². The molecule has 4 N–H and O–H groups in total. The van der Waals surface area contributed by atoms with Crippen LogP contribution in [-0.2, 0) is 0 Å². The molecule has 0 aromatic heterocycles. The predicted octanol–water partition coefficient (Wildman–Crippen LogP) is 13.3. The number of phenolic OH excluding ortho intramolecular Hbond substituents is 4. The standard InChI is InChI=1S/C53H44O4/c54-50-28-24-40(32-46(50)36-14-5-1-6-15-36)44(41-25-29-51(55)47(33-41)37-16-7-2-8-17-37)22-13-23-45(42-26-30-52(56)48(34-42)38-18-9-3-10-19-38)43-27-31-53(57)49(35-43)39-20-11-4-12-21-39/h1-12,14-21,24-35,44-45,54-57H,13,22-23H2. The van der Waals surface area contributed by atoms with Crippen molar-refractivity contribution in [1.29, 1.82) is 0 Å². The van der Waals surface area contributed by atoms with Gasteiger partial charge in [0.25, 0.3) is 0 Å². The summed E-state index contributed by atoms with van der Waals surface area (Å²) in [5.41, 5.74) is 11.1. The minimum Gasteiger partial charge on any atom is -0.507 e. The monoisotopic (exact) mass is 744 g/mol. The Balaban J connectivity index is 1.20. The fourth-order valence-electron chi connectivity index (χ4n) is 8.05. The van der Waals surface area contributed by atoms with Crippen molar-refractivity contribution in [3.05, 3.63) is 216 Å². The summed E-state index contributed by atoms with van der Waals surface area (Å²) in [6.45, 7) is 0. The molecule has 0 aliphatic rings. The van der Waals surface area contributed by atoms with E-state index in [4.69, 9.17) is 0 Å². The van der Waals surface area contributed by atoms with Gasteiger partial charge in [-0.25, -0.2) is 0 Å². The quantitative estimate of drug-likeness (QED) is 0.100. The summed E-state index contributed by atoms with van der Waals surface area (Å²) in [6, 6.07) is 63.4. The van der Waals surface area contributed by atoms with Gasteiger partial charge in [-0.2, -0.15) is 0 Å². The molecule has 0 radical (unpaired) electrons. The predicted molar refractivity (Wildman–Crippen MR) is 232 cm³/mol. The Morgan fingerprint density at radius 1 is 0.281 bits per heavy atom. The highest BCUT2D eigenvalue weighted by atomic mass is 16.3.